The van der Waals surface area contributed by atoms with Gasteiger partial charge < -0.3 is 14.1 Å². The molecule has 0 aromatic carbocycles. The van der Waals surface area contributed by atoms with Crippen LogP contribution in [0.5, 0.6) is 0 Å². The number of H-pyrrole nitrogens is 1. The lowest BCUT2D eigenvalue weighted by Crippen LogP contribution is -1.89. The minimum absolute atomic E-state index is 0.738. The van der Waals surface area contributed by atoms with Gasteiger partial charge in [0.15, 0.2) is 5.76 Å². The van der Waals surface area contributed by atoms with Gasteiger partial charge in [0, 0.05) is 17.5 Å². The molecule has 1 N–H and O–H groups in total. The number of ether oxygens (including phenoxy) is 1. The van der Waals surface area contributed by atoms with Crippen molar-refractivity contribution in [1.82, 2.24) is 4.98 Å². The number of rotatable bonds is 3. The molecule has 0 atom stereocenters. The van der Waals surface area contributed by atoms with Crippen LogP contribution in [0.25, 0.3) is 6.08 Å². The monoisotopic (exact) mass is 268 g/mol. The highest BCUT2D eigenvalue weighted by molar-refractivity contribution is 6.10. The number of aromatic amines is 1. The van der Waals surface area contributed by atoms with Gasteiger partial charge in [0.1, 0.15) is 17.2 Å². The van der Waals surface area contributed by atoms with E-state index in [1.807, 2.05) is 31.2 Å². The fourth-order valence-corrected chi connectivity index (χ4v) is 2.27. The van der Waals surface area contributed by atoms with Crippen molar-refractivity contribution in [1.29, 1.82) is 0 Å². The highest BCUT2D eigenvalue weighted by Gasteiger charge is 2.18. The van der Waals surface area contributed by atoms with Gasteiger partial charge in [-0.05, 0) is 43.7 Å². The molecule has 0 bridgehead atoms. The average Bonchev–Trinajstić information content (AvgIpc) is 3.11. The summed E-state index contributed by atoms with van der Waals surface area (Å²) in [5, 5.41) is 0. The Bertz CT molecular complexity index is 716. The second-order valence-electron chi connectivity index (χ2n) is 4.77. The van der Waals surface area contributed by atoms with E-state index in [2.05, 4.69) is 23.0 Å². The predicted molar refractivity (Wildman–Crippen MR) is 78.6 cm³/mol. The van der Waals surface area contributed by atoms with Gasteiger partial charge in [-0.15, -0.1) is 0 Å². The van der Waals surface area contributed by atoms with Crippen molar-refractivity contribution in [2.45, 2.75) is 13.8 Å². The Labute approximate surface area is 117 Å². The zero-order valence-corrected chi connectivity index (χ0v) is 11.7. The lowest BCUT2D eigenvalue weighted by atomic mass is 10.2. The summed E-state index contributed by atoms with van der Waals surface area (Å²) in [6.07, 6.45) is 5.52. The highest BCUT2D eigenvalue weighted by atomic mass is 16.5. The molecule has 0 saturated heterocycles. The first-order valence-electron chi connectivity index (χ1n) is 6.44. The molecule has 0 unspecified atom stereocenters. The van der Waals surface area contributed by atoms with Gasteiger partial charge in [-0.2, -0.15) is 0 Å². The molecule has 0 fully saturated rings. The third kappa shape index (κ3) is 2.20. The molecule has 102 valence electrons. The zero-order valence-electron chi connectivity index (χ0n) is 11.7. The topological polar surface area (TPSA) is 50.5 Å². The first kappa shape index (κ1) is 12.5. The summed E-state index contributed by atoms with van der Waals surface area (Å²) in [6.45, 7) is 4.10. The molecule has 2 aromatic rings. The molecule has 2 aromatic heterocycles. The third-order valence-corrected chi connectivity index (χ3v) is 3.23. The number of aliphatic imine (C=N–C) groups is 1. The molecular weight excluding hydrogens is 252 g/mol. The Balaban J connectivity index is 2.01. The van der Waals surface area contributed by atoms with E-state index in [1.165, 1.54) is 5.56 Å². The standard InChI is InChI=1S/C16H16N2O2/c1-10-7-11(2)17-12(10)8-13-16(19-3)9-14(18-13)15-5-4-6-20-15/h4-9,17H,1-3H3/b13-8+. The summed E-state index contributed by atoms with van der Waals surface area (Å²) in [5.74, 6) is 1.48. The van der Waals surface area contributed by atoms with Crippen LogP contribution in [0.15, 0.2) is 51.4 Å². The van der Waals surface area contributed by atoms with Crippen molar-refractivity contribution in [3.8, 4) is 0 Å². The number of furan rings is 1. The van der Waals surface area contributed by atoms with Crippen LogP contribution in [0.3, 0.4) is 0 Å². The van der Waals surface area contributed by atoms with Crippen LogP contribution >= 0.6 is 0 Å². The molecule has 0 spiro atoms. The minimum Gasteiger partial charge on any atom is -0.494 e. The molecule has 1 aliphatic rings. The normalized spacial score (nSPS) is 16.4. The van der Waals surface area contributed by atoms with Gasteiger partial charge in [0.25, 0.3) is 0 Å². The van der Waals surface area contributed by atoms with E-state index in [-0.39, 0.29) is 0 Å². The molecule has 1 aliphatic heterocycles. The number of aryl methyl sites for hydroxylation is 2. The second-order valence-corrected chi connectivity index (χ2v) is 4.77. The quantitative estimate of drug-likeness (QED) is 0.924. The maximum Gasteiger partial charge on any atom is 0.152 e. The summed E-state index contributed by atoms with van der Waals surface area (Å²) >= 11 is 0. The van der Waals surface area contributed by atoms with Crippen LogP contribution in [-0.4, -0.2) is 17.8 Å². The molecule has 0 saturated carbocycles. The highest BCUT2D eigenvalue weighted by Crippen LogP contribution is 2.26. The molecule has 20 heavy (non-hydrogen) atoms. The first-order valence-corrected chi connectivity index (χ1v) is 6.44. The largest absolute Gasteiger partial charge is 0.494 e. The summed E-state index contributed by atoms with van der Waals surface area (Å²) < 4.78 is 10.8. The summed E-state index contributed by atoms with van der Waals surface area (Å²) in [5.41, 5.74) is 4.94. The number of methoxy groups -OCH3 is 1. The number of nitrogens with zero attached hydrogens (tertiary/aromatic N) is 1. The zero-order chi connectivity index (χ0) is 14.1. The Hall–Kier alpha value is -2.49. The minimum atomic E-state index is 0.738. The molecule has 4 heteroatoms. The smallest absolute Gasteiger partial charge is 0.152 e. The predicted octanol–water partition coefficient (Wildman–Crippen LogP) is 3.60. The number of nitrogens with one attached hydrogen (secondary N) is 1. The third-order valence-electron chi connectivity index (χ3n) is 3.23. The second kappa shape index (κ2) is 4.89. The Morgan fingerprint density at radius 2 is 2.20 bits per heavy atom. The number of allylic oxidation sites excluding steroid dienone is 1. The van der Waals surface area contributed by atoms with Crippen LogP contribution in [-0.2, 0) is 4.74 Å². The maximum atomic E-state index is 5.39. The van der Waals surface area contributed by atoms with E-state index in [1.54, 1.807) is 13.4 Å². The molecule has 3 rings (SSSR count). The maximum absolute atomic E-state index is 5.39. The van der Waals surface area contributed by atoms with Crippen LogP contribution < -0.4 is 0 Å². The van der Waals surface area contributed by atoms with Gasteiger partial charge in [-0.25, -0.2) is 4.99 Å². The van der Waals surface area contributed by atoms with Crippen molar-refractivity contribution >= 4 is 11.8 Å². The van der Waals surface area contributed by atoms with Gasteiger partial charge >= 0.3 is 0 Å². The molecule has 4 nitrogen and oxygen atoms in total. The van der Waals surface area contributed by atoms with Crippen LogP contribution in [0.1, 0.15) is 22.7 Å². The van der Waals surface area contributed by atoms with Gasteiger partial charge in [0.2, 0.25) is 0 Å². The van der Waals surface area contributed by atoms with Gasteiger partial charge in [0.05, 0.1) is 13.4 Å². The van der Waals surface area contributed by atoms with E-state index in [4.69, 9.17) is 9.15 Å². The van der Waals surface area contributed by atoms with E-state index in [0.29, 0.717) is 0 Å². The van der Waals surface area contributed by atoms with Crippen molar-refractivity contribution in [2.24, 2.45) is 4.99 Å². The molecular formula is C16H16N2O2. The van der Waals surface area contributed by atoms with Crippen molar-refractivity contribution in [3.63, 3.8) is 0 Å². The number of hydrogen-bond donors (Lipinski definition) is 1. The first-order chi connectivity index (χ1) is 9.67. The fraction of sp³-hybridized carbons (Fsp3) is 0.188. The van der Waals surface area contributed by atoms with Crippen LogP contribution in [0.4, 0.5) is 0 Å². The van der Waals surface area contributed by atoms with E-state index in [9.17, 15) is 0 Å². The SMILES string of the molecule is COC1=CC(c2ccco2)=N/C1=C/c1[nH]c(C)cc1C. The fourth-order valence-electron chi connectivity index (χ4n) is 2.27. The van der Waals surface area contributed by atoms with E-state index < -0.39 is 0 Å². The molecule has 3 heterocycles. The lowest BCUT2D eigenvalue weighted by molar-refractivity contribution is 0.303. The molecule has 0 radical (unpaired) electrons. The van der Waals surface area contributed by atoms with Crippen LogP contribution in [0, 0.1) is 13.8 Å². The Kier molecular flexibility index (Phi) is 3.06. The van der Waals surface area contributed by atoms with Crippen LogP contribution in [0.2, 0.25) is 0 Å². The molecule has 0 amide bonds. The molecule has 0 aliphatic carbocycles. The van der Waals surface area contributed by atoms with E-state index >= 15 is 0 Å². The number of aromatic nitrogens is 1. The summed E-state index contributed by atoms with van der Waals surface area (Å²) in [4.78, 5) is 7.89. The summed E-state index contributed by atoms with van der Waals surface area (Å²) in [7, 11) is 1.65. The number of hydrogen-bond acceptors (Lipinski definition) is 3. The Morgan fingerprint density at radius 1 is 1.35 bits per heavy atom. The van der Waals surface area contributed by atoms with Gasteiger partial charge in [-0.1, -0.05) is 0 Å². The Morgan fingerprint density at radius 3 is 2.80 bits per heavy atom. The lowest BCUT2D eigenvalue weighted by Gasteiger charge is -2.01. The van der Waals surface area contributed by atoms with Crippen molar-refractivity contribution in [2.75, 3.05) is 7.11 Å². The van der Waals surface area contributed by atoms with Gasteiger partial charge in [-0.3, -0.25) is 0 Å². The van der Waals surface area contributed by atoms with Crippen molar-refractivity contribution in [3.05, 3.63) is 64.7 Å². The van der Waals surface area contributed by atoms with E-state index in [0.717, 1.165) is 34.3 Å². The van der Waals surface area contributed by atoms with Crippen molar-refractivity contribution < 1.29 is 9.15 Å². The average molecular weight is 268 g/mol. The summed E-state index contributed by atoms with van der Waals surface area (Å²) in [6, 6.07) is 5.84.